The second-order valence-corrected chi connectivity index (χ2v) is 14.3. The fraction of sp³-hybridized carbons (Fsp3) is 1.00. The zero-order valence-electron chi connectivity index (χ0n) is 18.1. The van der Waals surface area contributed by atoms with Crippen LogP contribution in [0.3, 0.4) is 0 Å². The Balaban J connectivity index is 4.31. The summed E-state index contributed by atoms with van der Waals surface area (Å²) in [5.41, 5.74) is 0. The van der Waals surface area contributed by atoms with Gasteiger partial charge < -0.3 is 24.1 Å². The zero-order valence-corrected chi connectivity index (χ0v) is 21.6. The number of hydrogen-bond donors (Lipinski definition) is 4. The molecule has 4 N–H and O–H groups in total. The molecule has 0 heterocycles. The molecular weight excluding hydrogens is 500 g/mol. The van der Waals surface area contributed by atoms with Crippen LogP contribution in [0.15, 0.2) is 0 Å². The van der Waals surface area contributed by atoms with Crippen LogP contribution in [0.5, 0.6) is 0 Å². The largest absolute Gasteiger partial charge is 0.472 e. The summed E-state index contributed by atoms with van der Waals surface area (Å²) in [6, 6.07) is 0. The summed E-state index contributed by atoms with van der Waals surface area (Å²) in [4.78, 5) is 37.7. The summed E-state index contributed by atoms with van der Waals surface area (Å²) in [5, 5.41) is 0. The van der Waals surface area contributed by atoms with Crippen LogP contribution in [0.25, 0.3) is 0 Å². The van der Waals surface area contributed by atoms with Crippen molar-refractivity contribution >= 4 is 30.6 Å². The van der Waals surface area contributed by atoms with Gasteiger partial charge in [-0.25, -0.2) is 9.13 Å². The summed E-state index contributed by atoms with van der Waals surface area (Å²) >= 11 is 0. The molecule has 6 atom stereocenters. The van der Waals surface area contributed by atoms with Gasteiger partial charge in [0, 0.05) is 25.4 Å². The monoisotopic (exact) mass is 534 g/mol. The minimum absolute atomic E-state index is 0.0739. The quantitative estimate of drug-likeness (QED) is 0.148. The first-order valence-corrected chi connectivity index (χ1v) is 16.8. The lowest BCUT2D eigenvalue weighted by atomic mass is 10.1. The van der Waals surface area contributed by atoms with E-state index in [2.05, 4.69) is 9.05 Å². The average Bonchev–Trinajstić information content (AvgIpc) is 2.60. The second kappa shape index (κ2) is 14.1. The van der Waals surface area contributed by atoms with Crippen LogP contribution in [0.2, 0.25) is 0 Å². The predicted molar refractivity (Wildman–Crippen MR) is 113 cm³/mol. The van der Waals surface area contributed by atoms with Gasteiger partial charge in [0.1, 0.15) is 0 Å². The maximum absolute atomic E-state index is 11.8. The van der Waals surface area contributed by atoms with Crippen molar-refractivity contribution in [1.29, 1.82) is 0 Å². The van der Waals surface area contributed by atoms with E-state index >= 15 is 0 Å². The molecule has 17 heteroatoms. The van der Waals surface area contributed by atoms with Crippen molar-refractivity contribution in [2.45, 2.75) is 26.7 Å². The predicted octanol–water partition coefficient (Wildman–Crippen LogP) is 3.04. The minimum Gasteiger partial charge on any atom is -0.344 e. The standard InChI is InChI=1S/C14H34O13P4/c1-5-13(9-25-29(4,17)18)10-26-30(19,20)23-7-8-24-31(21,22)27-11-14(6-2)12-28(3,15)16/h13-14H,5-12H2,1-4H3,(H,15,16)(H,17,18)(H,19,20)(H,21,22). The second-order valence-electron chi connectivity index (χ2n) is 7.08. The van der Waals surface area contributed by atoms with Crippen LogP contribution in [-0.4, -0.2) is 72.1 Å². The first-order chi connectivity index (χ1) is 14.0. The molecule has 188 valence electrons. The van der Waals surface area contributed by atoms with Crippen molar-refractivity contribution in [3.8, 4) is 0 Å². The van der Waals surface area contributed by atoms with Gasteiger partial charge in [0.25, 0.3) is 0 Å². The lowest BCUT2D eigenvalue weighted by Crippen LogP contribution is -2.15. The Labute approximate surface area is 182 Å². The summed E-state index contributed by atoms with van der Waals surface area (Å²) < 4.78 is 69.9. The van der Waals surface area contributed by atoms with E-state index in [0.29, 0.717) is 12.8 Å². The highest BCUT2D eigenvalue weighted by Crippen LogP contribution is 2.47. The fourth-order valence-electron chi connectivity index (χ4n) is 2.09. The van der Waals surface area contributed by atoms with E-state index in [1.54, 1.807) is 13.8 Å². The Bertz CT molecular complexity index is 702. The van der Waals surface area contributed by atoms with Crippen molar-refractivity contribution in [2.24, 2.45) is 11.8 Å². The van der Waals surface area contributed by atoms with E-state index < -0.39 is 55.7 Å². The van der Waals surface area contributed by atoms with Gasteiger partial charge in [-0.05, 0) is 12.3 Å². The molecule has 0 aromatic rings. The molecule has 31 heavy (non-hydrogen) atoms. The highest BCUT2D eigenvalue weighted by molar-refractivity contribution is 7.57. The van der Waals surface area contributed by atoms with Gasteiger partial charge in [0.2, 0.25) is 0 Å². The third kappa shape index (κ3) is 18.6. The van der Waals surface area contributed by atoms with Crippen LogP contribution >= 0.6 is 30.6 Å². The third-order valence-electron chi connectivity index (χ3n) is 3.84. The molecule has 0 fully saturated rings. The van der Waals surface area contributed by atoms with Crippen LogP contribution in [-0.2, 0) is 40.9 Å². The topological polar surface area (TPSA) is 195 Å². The summed E-state index contributed by atoms with van der Waals surface area (Å²) in [5.74, 6) is -0.856. The molecule has 0 amide bonds. The molecule has 0 rings (SSSR count). The van der Waals surface area contributed by atoms with Crippen molar-refractivity contribution < 1.29 is 60.5 Å². The van der Waals surface area contributed by atoms with Crippen molar-refractivity contribution in [3.63, 3.8) is 0 Å². The first kappa shape index (κ1) is 31.6. The van der Waals surface area contributed by atoms with E-state index in [9.17, 15) is 32.9 Å². The third-order valence-corrected chi connectivity index (χ3v) is 7.63. The maximum Gasteiger partial charge on any atom is 0.472 e. The molecule has 0 aliphatic rings. The molecule has 0 spiro atoms. The molecule has 0 bridgehead atoms. The highest BCUT2D eigenvalue weighted by atomic mass is 31.2. The Morgan fingerprint density at radius 2 is 1.03 bits per heavy atom. The molecule has 0 saturated heterocycles. The number of hydrogen-bond acceptors (Lipinski definition) is 9. The van der Waals surface area contributed by atoms with E-state index in [4.69, 9.17) is 18.5 Å². The average molecular weight is 534 g/mol. The van der Waals surface area contributed by atoms with Crippen LogP contribution in [0.4, 0.5) is 0 Å². The summed E-state index contributed by atoms with van der Waals surface area (Å²) in [6.07, 6.45) is 0.816. The Kier molecular flexibility index (Phi) is 14.3. The van der Waals surface area contributed by atoms with Gasteiger partial charge in [0.05, 0.1) is 33.0 Å². The van der Waals surface area contributed by atoms with Gasteiger partial charge >= 0.3 is 23.2 Å². The molecule has 0 aromatic carbocycles. The van der Waals surface area contributed by atoms with Crippen molar-refractivity contribution in [1.82, 2.24) is 0 Å². The fourth-order valence-corrected chi connectivity index (χ4v) is 5.45. The van der Waals surface area contributed by atoms with Gasteiger partial charge in [-0.1, -0.05) is 20.3 Å². The maximum atomic E-state index is 11.8. The molecular formula is C14H34O13P4. The van der Waals surface area contributed by atoms with Gasteiger partial charge in [-0.15, -0.1) is 0 Å². The Morgan fingerprint density at radius 1 is 0.645 bits per heavy atom. The van der Waals surface area contributed by atoms with Gasteiger partial charge in [-0.3, -0.25) is 27.2 Å². The number of phosphoric ester groups is 2. The minimum atomic E-state index is -4.50. The van der Waals surface area contributed by atoms with E-state index in [-0.39, 0.29) is 26.0 Å². The smallest absolute Gasteiger partial charge is 0.344 e. The van der Waals surface area contributed by atoms with Gasteiger partial charge in [-0.2, -0.15) is 0 Å². The number of phosphoric acid groups is 2. The zero-order chi connectivity index (χ0) is 24.3. The Hall–Kier alpha value is 0.560. The molecule has 0 aromatic heterocycles. The van der Waals surface area contributed by atoms with Crippen LogP contribution in [0.1, 0.15) is 26.7 Å². The van der Waals surface area contributed by atoms with Crippen LogP contribution < -0.4 is 0 Å². The first-order valence-electron chi connectivity index (χ1n) is 9.46. The van der Waals surface area contributed by atoms with E-state index in [0.717, 1.165) is 6.66 Å². The molecule has 0 aliphatic heterocycles. The van der Waals surface area contributed by atoms with Crippen molar-refractivity contribution in [2.75, 3.05) is 52.5 Å². The molecule has 13 nitrogen and oxygen atoms in total. The molecule has 0 aliphatic carbocycles. The normalized spacial score (nSPS) is 21.9. The lowest BCUT2D eigenvalue weighted by molar-refractivity contribution is 0.0846. The summed E-state index contributed by atoms with van der Waals surface area (Å²) in [6.45, 7) is 3.83. The van der Waals surface area contributed by atoms with Gasteiger partial charge in [0.15, 0.2) is 7.37 Å². The van der Waals surface area contributed by atoms with E-state index in [1.165, 1.54) is 6.66 Å². The molecule has 6 unspecified atom stereocenters. The summed E-state index contributed by atoms with van der Waals surface area (Å²) in [7, 11) is -16.0. The lowest BCUT2D eigenvalue weighted by Gasteiger charge is -2.20. The van der Waals surface area contributed by atoms with Crippen LogP contribution in [0, 0.1) is 11.8 Å². The SMILES string of the molecule is CCC(COP(C)(=O)O)COP(=O)(O)OCCOP(=O)(O)OCC(CC)CP(C)(=O)O. The van der Waals surface area contributed by atoms with Crippen molar-refractivity contribution in [3.05, 3.63) is 0 Å². The molecule has 0 radical (unpaired) electrons. The highest BCUT2D eigenvalue weighted by Gasteiger charge is 2.27. The Morgan fingerprint density at radius 3 is 1.39 bits per heavy atom. The molecule has 0 saturated carbocycles. The number of rotatable bonds is 18. The van der Waals surface area contributed by atoms with E-state index in [1.807, 2.05) is 0 Å².